The minimum Gasteiger partial charge on any atom is -0.377 e. The Bertz CT molecular complexity index is 526. The highest BCUT2D eigenvalue weighted by Gasteiger charge is 2.13. The molecule has 0 aliphatic heterocycles. The zero-order valence-electron chi connectivity index (χ0n) is 12.8. The van der Waals surface area contributed by atoms with E-state index in [0.29, 0.717) is 12.1 Å². The molecule has 1 fully saturated rings. The molecule has 0 bridgehead atoms. The summed E-state index contributed by atoms with van der Waals surface area (Å²) in [4.78, 5) is 1.41. The number of nitrogens with one attached hydrogen (secondary N) is 1. The van der Waals surface area contributed by atoms with Crippen molar-refractivity contribution in [1.82, 2.24) is 5.32 Å². The van der Waals surface area contributed by atoms with Crippen LogP contribution in [0.1, 0.15) is 49.9 Å². The maximum atomic E-state index is 5.97. The number of benzene rings is 1. The Kier molecular flexibility index (Phi) is 5.28. The summed E-state index contributed by atoms with van der Waals surface area (Å²) in [6, 6.07) is 11.3. The van der Waals surface area contributed by atoms with Crippen LogP contribution in [0.5, 0.6) is 0 Å². The Morgan fingerprint density at radius 2 is 2.05 bits per heavy atom. The molecule has 0 amide bonds. The van der Waals surface area contributed by atoms with Crippen LogP contribution in [-0.4, -0.2) is 19.3 Å². The standard InChI is InChI=1S/C18H25NOS/c1-14(18-13-15-7-5-6-10-17(15)21-18)19-11-12-20-16-8-3-2-4-9-16/h5-7,10,13-14,16,19H,2-4,8-9,11-12H2,1H3. The van der Waals surface area contributed by atoms with Gasteiger partial charge in [0.2, 0.25) is 0 Å². The third-order valence-electron chi connectivity index (χ3n) is 4.33. The van der Waals surface area contributed by atoms with E-state index < -0.39 is 0 Å². The van der Waals surface area contributed by atoms with E-state index in [1.807, 2.05) is 11.3 Å². The fourth-order valence-electron chi connectivity index (χ4n) is 3.05. The SMILES string of the molecule is CC(NCCOC1CCCCC1)c1cc2ccccc2s1. The second kappa shape index (κ2) is 7.39. The molecule has 2 nitrogen and oxygen atoms in total. The zero-order chi connectivity index (χ0) is 14.5. The average molecular weight is 303 g/mol. The average Bonchev–Trinajstić information content (AvgIpc) is 2.96. The van der Waals surface area contributed by atoms with E-state index in [9.17, 15) is 0 Å². The van der Waals surface area contributed by atoms with Crippen molar-refractivity contribution >= 4 is 21.4 Å². The maximum Gasteiger partial charge on any atom is 0.0594 e. The normalized spacial score (nSPS) is 18.1. The number of thiophene rings is 1. The minimum absolute atomic E-state index is 0.400. The van der Waals surface area contributed by atoms with Gasteiger partial charge in [-0.3, -0.25) is 0 Å². The van der Waals surface area contributed by atoms with Crippen molar-refractivity contribution < 1.29 is 4.74 Å². The predicted octanol–water partition coefficient (Wildman–Crippen LogP) is 4.90. The van der Waals surface area contributed by atoms with Crippen LogP contribution in [0.15, 0.2) is 30.3 Å². The Hall–Kier alpha value is -0.900. The Balaban J connectivity index is 1.44. The van der Waals surface area contributed by atoms with Gasteiger partial charge < -0.3 is 10.1 Å². The molecule has 114 valence electrons. The molecular formula is C18H25NOS. The van der Waals surface area contributed by atoms with Gasteiger partial charge in [-0.15, -0.1) is 11.3 Å². The van der Waals surface area contributed by atoms with Crippen molar-refractivity contribution in [1.29, 1.82) is 0 Å². The number of fused-ring (bicyclic) bond motifs is 1. The number of hydrogen-bond acceptors (Lipinski definition) is 3. The maximum absolute atomic E-state index is 5.97. The minimum atomic E-state index is 0.400. The summed E-state index contributed by atoms with van der Waals surface area (Å²) in [7, 11) is 0. The first-order valence-electron chi connectivity index (χ1n) is 8.16. The van der Waals surface area contributed by atoms with Crippen LogP contribution in [0, 0.1) is 0 Å². The molecule has 3 rings (SSSR count). The van der Waals surface area contributed by atoms with Gasteiger partial charge in [-0.2, -0.15) is 0 Å². The lowest BCUT2D eigenvalue weighted by molar-refractivity contribution is 0.0296. The molecule has 21 heavy (non-hydrogen) atoms. The summed E-state index contributed by atoms with van der Waals surface area (Å²) in [5, 5.41) is 4.94. The fraction of sp³-hybridized carbons (Fsp3) is 0.556. The van der Waals surface area contributed by atoms with E-state index in [4.69, 9.17) is 4.74 Å². The van der Waals surface area contributed by atoms with Crippen LogP contribution >= 0.6 is 11.3 Å². The molecule has 1 aromatic carbocycles. The molecule has 0 radical (unpaired) electrons. The first kappa shape index (κ1) is 15.0. The smallest absolute Gasteiger partial charge is 0.0594 e. The molecule has 1 aliphatic carbocycles. The lowest BCUT2D eigenvalue weighted by Crippen LogP contribution is -2.26. The molecule has 1 aliphatic rings. The Labute approximate surface area is 131 Å². The summed E-state index contributed by atoms with van der Waals surface area (Å²) in [6.45, 7) is 4.01. The molecule has 0 spiro atoms. The van der Waals surface area contributed by atoms with Crippen molar-refractivity contribution in [3.05, 3.63) is 35.2 Å². The van der Waals surface area contributed by atoms with Crippen LogP contribution in [0.2, 0.25) is 0 Å². The molecule has 1 atom stereocenters. The highest BCUT2D eigenvalue weighted by Crippen LogP contribution is 2.29. The molecule has 2 aromatic rings. The monoisotopic (exact) mass is 303 g/mol. The second-order valence-corrected chi connectivity index (χ2v) is 7.11. The van der Waals surface area contributed by atoms with Crippen LogP contribution in [-0.2, 0) is 4.74 Å². The summed E-state index contributed by atoms with van der Waals surface area (Å²) < 4.78 is 7.34. The van der Waals surface area contributed by atoms with Gasteiger partial charge in [0.15, 0.2) is 0 Å². The second-order valence-electron chi connectivity index (χ2n) is 5.99. The summed E-state index contributed by atoms with van der Waals surface area (Å²) in [5.74, 6) is 0. The van der Waals surface area contributed by atoms with E-state index >= 15 is 0 Å². The van der Waals surface area contributed by atoms with Gasteiger partial charge in [0.1, 0.15) is 0 Å². The Morgan fingerprint density at radius 1 is 1.24 bits per heavy atom. The van der Waals surface area contributed by atoms with E-state index in [1.165, 1.54) is 47.1 Å². The molecule has 3 heteroatoms. The quantitative estimate of drug-likeness (QED) is 0.766. The molecule has 1 aromatic heterocycles. The van der Waals surface area contributed by atoms with E-state index in [1.54, 1.807) is 0 Å². The van der Waals surface area contributed by atoms with E-state index in [-0.39, 0.29) is 0 Å². The van der Waals surface area contributed by atoms with Crippen molar-refractivity contribution in [2.24, 2.45) is 0 Å². The van der Waals surface area contributed by atoms with Gasteiger partial charge >= 0.3 is 0 Å². The molecule has 1 unspecified atom stereocenters. The fourth-order valence-corrected chi connectivity index (χ4v) is 4.14. The number of ether oxygens (including phenoxy) is 1. The van der Waals surface area contributed by atoms with Crippen LogP contribution in [0.25, 0.3) is 10.1 Å². The van der Waals surface area contributed by atoms with Gasteiger partial charge in [0, 0.05) is 22.2 Å². The molecular weight excluding hydrogens is 278 g/mol. The predicted molar refractivity (Wildman–Crippen MR) is 91.1 cm³/mol. The van der Waals surface area contributed by atoms with Crippen molar-refractivity contribution in [3.63, 3.8) is 0 Å². The highest BCUT2D eigenvalue weighted by atomic mass is 32.1. The summed E-state index contributed by atoms with van der Waals surface area (Å²) >= 11 is 1.89. The molecule has 1 heterocycles. The summed E-state index contributed by atoms with van der Waals surface area (Å²) in [5.41, 5.74) is 0. The van der Waals surface area contributed by atoms with Gasteiger partial charge in [-0.05, 0) is 37.3 Å². The first-order chi connectivity index (χ1) is 10.3. The lowest BCUT2D eigenvalue weighted by Gasteiger charge is -2.22. The molecule has 0 saturated heterocycles. The largest absolute Gasteiger partial charge is 0.377 e. The van der Waals surface area contributed by atoms with Gasteiger partial charge in [-0.1, -0.05) is 37.5 Å². The van der Waals surface area contributed by atoms with Crippen molar-refractivity contribution in [3.8, 4) is 0 Å². The zero-order valence-corrected chi connectivity index (χ0v) is 13.6. The topological polar surface area (TPSA) is 21.3 Å². The summed E-state index contributed by atoms with van der Waals surface area (Å²) in [6.07, 6.45) is 7.10. The van der Waals surface area contributed by atoms with Crippen molar-refractivity contribution in [2.45, 2.75) is 51.2 Å². The number of hydrogen-bond donors (Lipinski definition) is 1. The first-order valence-corrected chi connectivity index (χ1v) is 8.98. The van der Waals surface area contributed by atoms with Gasteiger partial charge in [0.25, 0.3) is 0 Å². The van der Waals surface area contributed by atoms with E-state index in [2.05, 4.69) is 42.6 Å². The lowest BCUT2D eigenvalue weighted by atomic mass is 9.98. The van der Waals surface area contributed by atoms with Gasteiger partial charge in [0.05, 0.1) is 12.7 Å². The third kappa shape index (κ3) is 4.06. The van der Waals surface area contributed by atoms with Gasteiger partial charge in [-0.25, -0.2) is 0 Å². The Morgan fingerprint density at radius 3 is 2.86 bits per heavy atom. The molecule has 1 N–H and O–H groups in total. The van der Waals surface area contributed by atoms with E-state index in [0.717, 1.165) is 13.2 Å². The third-order valence-corrected chi connectivity index (χ3v) is 5.63. The van der Waals surface area contributed by atoms with Crippen LogP contribution < -0.4 is 5.32 Å². The van der Waals surface area contributed by atoms with Crippen LogP contribution in [0.3, 0.4) is 0 Å². The molecule has 1 saturated carbocycles. The number of rotatable bonds is 6. The van der Waals surface area contributed by atoms with Crippen LogP contribution in [0.4, 0.5) is 0 Å². The van der Waals surface area contributed by atoms with Crippen molar-refractivity contribution in [2.75, 3.05) is 13.2 Å². The highest BCUT2D eigenvalue weighted by molar-refractivity contribution is 7.19.